The summed E-state index contributed by atoms with van der Waals surface area (Å²) < 4.78 is 4.84. The van der Waals surface area contributed by atoms with Crippen molar-refractivity contribution in [2.24, 2.45) is 0 Å². The maximum Gasteiger partial charge on any atom is 0.336 e. The molecular formula is C13H18N2O4. The first kappa shape index (κ1) is 15.1. The molecule has 6 heteroatoms. The van der Waals surface area contributed by atoms with Crippen LogP contribution >= 0.6 is 0 Å². The van der Waals surface area contributed by atoms with Crippen LogP contribution in [0.5, 0.6) is 0 Å². The first-order valence-corrected chi connectivity index (χ1v) is 5.88. The van der Waals surface area contributed by atoms with E-state index >= 15 is 0 Å². The summed E-state index contributed by atoms with van der Waals surface area (Å²) in [4.78, 5) is 22.6. The van der Waals surface area contributed by atoms with Crippen LogP contribution in [0.25, 0.3) is 0 Å². The zero-order valence-corrected chi connectivity index (χ0v) is 11.0. The number of hydrogen-bond acceptors (Lipinski definition) is 4. The van der Waals surface area contributed by atoms with Crippen LogP contribution in [-0.4, -0.2) is 43.8 Å². The number of aromatic carboxylic acids is 1. The summed E-state index contributed by atoms with van der Waals surface area (Å²) in [5, 5.41) is 14.6. The lowest BCUT2D eigenvalue weighted by molar-refractivity contribution is -0.115. The van der Waals surface area contributed by atoms with Crippen molar-refractivity contribution < 1.29 is 19.4 Å². The maximum absolute atomic E-state index is 11.6. The first-order valence-electron chi connectivity index (χ1n) is 5.88. The largest absolute Gasteiger partial charge is 0.478 e. The highest BCUT2D eigenvalue weighted by Crippen LogP contribution is 2.18. The van der Waals surface area contributed by atoms with Gasteiger partial charge in [-0.15, -0.1) is 0 Å². The van der Waals surface area contributed by atoms with Gasteiger partial charge < -0.3 is 20.5 Å². The van der Waals surface area contributed by atoms with Crippen molar-refractivity contribution >= 4 is 17.6 Å². The third-order valence-electron chi connectivity index (χ3n) is 2.61. The van der Waals surface area contributed by atoms with Gasteiger partial charge in [0.1, 0.15) is 0 Å². The van der Waals surface area contributed by atoms with Crippen LogP contribution in [0.15, 0.2) is 18.2 Å². The van der Waals surface area contributed by atoms with Crippen LogP contribution < -0.4 is 10.6 Å². The second kappa shape index (κ2) is 7.50. The number of carboxylic acids is 1. The summed E-state index contributed by atoms with van der Waals surface area (Å²) in [6.07, 6.45) is 0. The van der Waals surface area contributed by atoms with Gasteiger partial charge in [0, 0.05) is 19.3 Å². The normalized spacial score (nSPS) is 10.2. The van der Waals surface area contributed by atoms with Gasteiger partial charge in [0.25, 0.3) is 0 Å². The molecule has 104 valence electrons. The molecule has 3 N–H and O–H groups in total. The van der Waals surface area contributed by atoms with Gasteiger partial charge in [-0.3, -0.25) is 4.79 Å². The Hall–Kier alpha value is -1.92. The minimum absolute atomic E-state index is 0.153. The van der Waals surface area contributed by atoms with Gasteiger partial charge in [0.2, 0.25) is 5.91 Å². The highest BCUT2D eigenvalue weighted by atomic mass is 16.5. The van der Waals surface area contributed by atoms with Crippen LogP contribution in [-0.2, 0) is 9.53 Å². The number of benzene rings is 1. The fourth-order valence-electron chi connectivity index (χ4n) is 1.57. The second-order valence-electron chi connectivity index (χ2n) is 4.00. The van der Waals surface area contributed by atoms with Crippen molar-refractivity contribution in [3.05, 3.63) is 29.3 Å². The molecule has 0 aliphatic rings. The Bertz CT molecular complexity index is 460. The van der Waals surface area contributed by atoms with Gasteiger partial charge in [0.15, 0.2) is 0 Å². The lowest BCUT2D eigenvalue weighted by Gasteiger charge is -2.10. The van der Waals surface area contributed by atoms with Crippen molar-refractivity contribution in [1.29, 1.82) is 0 Å². The second-order valence-corrected chi connectivity index (χ2v) is 4.00. The number of anilines is 1. The molecule has 1 aromatic rings. The maximum atomic E-state index is 11.6. The van der Waals surface area contributed by atoms with Crippen molar-refractivity contribution in [2.75, 3.05) is 32.1 Å². The van der Waals surface area contributed by atoms with E-state index in [1.54, 1.807) is 26.2 Å². The molecule has 0 saturated carbocycles. The highest BCUT2D eigenvalue weighted by molar-refractivity contribution is 5.96. The quantitative estimate of drug-likeness (QED) is 0.637. The number of carbonyl (C=O) groups is 2. The Morgan fingerprint density at radius 1 is 1.37 bits per heavy atom. The SMILES string of the molecule is COCCNCC(=O)Nc1cccc(C(=O)O)c1C. The van der Waals surface area contributed by atoms with E-state index < -0.39 is 5.97 Å². The van der Waals surface area contributed by atoms with Crippen LogP contribution in [0.4, 0.5) is 5.69 Å². The lowest BCUT2D eigenvalue weighted by Crippen LogP contribution is -2.30. The minimum Gasteiger partial charge on any atom is -0.478 e. The zero-order chi connectivity index (χ0) is 14.3. The third-order valence-corrected chi connectivity index (χ3v) is 2.61. The minimum atomic E-state index is -1.01. The Labute approximate surface area is 111 Å². The van der Waals surface area contributed by atoms with Crippen molar-refractivity contribution in [2.45, 2.75) is 6.92 Å². The lowest BCUT2D eigenvalue weighted by atomic mass is 10.1. The fraction of sp³-hybridized carbons (Fsp3) is 0.385. The molecular weight excluding hydrogens is 248 g/mol. The number of amides is 1. The van der Waals surface area contributed by atoms with E-state index in [9.17, 15) is 9.59 Å². The molecule has 1 amide bonds. The number of carbonyl (C=O) groups excluding carboxylic acids is 1. The molecule has 0 aromatic heterocycles. The van der Waals surface area contributed by atoms with Gasteiger partial charge in [-0.2, -0.15) is 0 Å². The zero-order valence-electron chi connectivity index (χ0n) is 11.0. The molecule has 1 aromatic carbocycles. The molecule has 0 aliphatic heterocycles. The average Bonchev–Trinajstić information content (AvgIpc) is 2.37. The fourth-order valence-corrected chi connectivity index (χ4v) is 1.57. The van der Waals surface area contributed by atoms with E-state index in [-0.39, 0.29) is 18.0 Å². The summed E-state index contributed by atoms with van der Waals surface area (Å²) in [5.74, 6) is -1.23. The molecule has 1 rings (SSSR count). The molecule has 0 heterocycles. The number of ether oxygens (including phenoxy) is 1. The summed E-state index contributed by atoms with van der Waals surface area (Å²) in [5.41, 5.74) is 1.24. The summed E-state index contributed by atoms with van der Waals surface area (Å²) >= 11 is 0. The number of hydrogen-bond donors (Lipinski definition) is 3. The van der Waals surface area contributed by atoms with Crippen molar-refractivity contribution in [3.63, 3.8) is 0 Å². The van der Waals surface area contributed by atoms with E-state index in [0.29, 0.717) is 24.4 Å². The van der Waals surface area contributed by atoms with E-state index in [4.69, 9.17) is 9.84 Å². The molecule has 0 fully saturated rings. The molecule has 0 saturated heterocycles. The summed E-state index contributed by atoms with van der Waals surface area (Å²) in [6.45, 7) is 2.93. The molecule has 0 radical (unpaired) electrons. The highest BCUT2D eigenvalue weighted by Gasteiger charge is 2.11. The van der Waals surface area contributed by atoms with Gasteiger partial charge >= 0.3 is 5.97 Å². The van der Waals surface area contributed by atoms with Gasteiger partial charge in [-0.25, -0.2) is 4.79 Å². The number of methoxy groups -OCH3 is 1. The van der Waals surface area contributed by atoms with Crippen LogP contribution in [0.1, 0.15) is 15.9 Å². The molecule has 0 aliphatic carbocycles. The van der Waals surface area contributed by atoms with E-state index in [1.165, 1.54) is 6.07 Å². The van der Waals surface area contributed by atoms with Crippen molar-refractivity contribution in [1.82, 2.24) is 5.32 Å². The van der Waals surface area contributed by atoms with Crippen LogP contribution in [0.2, 0.25) is 0 Å². The Morgan fingerprint density at radius 3 is 2.74 bits per heavy atom. The molecule has 0 unspecified atom stereocenters. The number of carboxylic acid groups (broad SMARTS) is 1. The smallest absolute Gasteiger partial charge is 0.336 e. The van der Waals surface area contributed by atoms with Crippen LogP contribution in [0, 0.1) is 6.92 Å². The number of nitrogens with one attached hydrogen (secondary N) is 2. The molecule has 0 spiro atoms. The van der Waals surface area contributed by atoms with Gasteiger partial charge in [-0.05, 0) is 24.6 Å². The standard InChI is InChI=1S/C13H18N2O4/c1-9-10(13(17)18)4-3-5-11(9)15-12(16)8-14-6-7-19-2/h3-5,14H,6-8H2,1-2H3,(H,15,16)(H,17,18). The van der Waals surface area contributed by atoms with Crippen molar-refractivity contribution in [3.8, 4) is 0 Å². The van der Waals surface area contributed by atoms with E-state index in [2.05, 4.69) is 10.6 Å². The first-order chi connectivity index (χ1) is 9.06. The van der Waals surface area contributed by atoms with E-state index in [1.807, 2.05) is 0 Å². The van der Waals surface area contributed by atoms with E-state index in [0.717, 1.165) is 0 Å². The Balaban J connectivity index is 2.59. The third kappa shape index (κ3) is 4.69. The number of rotatable bonds is 7. The molecule has 0 atom stereocenters. The molecule has 19 heavy (non-hydrogen) atoms. The Kier molecular flexibility index (Phi) is 5.98. The summed E-state index contributed by atoms with van der Waals surface area (Å²) in [7, 11) is 1.59. The topological polar surface area (TPSA) is 87.7 Å². The summed E-state index contributed by atoms with van der Waals surface area (Å²) in [6, 6.07) is 4.78. The molecule has 6 nitrogen and oxygen atoms in total. The van der Waals surface area contributed by atoms with Gasteiger partial charge in [-0.1, -0.05) is 6.07 Å². The predicted molar refractivity (Wildman–Crippen MR) is 71.5 cm³/mol. The van der Waals surface area contributed by atoms with Crippen LogP contribution in [0.3, 0.4) is 0 Å². The predicted octanol–water partition coefficient (Wildman–Crippen LogP) is 0.868. The average molecular weight is 266 g/mol. The Morgan fingerprint density at radius 2 is 2.11 bits per heavy atom. The van der Waals surface area contributed by atoms with Gasteiger partial charge in [0.05, 0.1) is 18.7 Å². The molecule has 0 bridgehead atoms. The monoisotopic (exact) mass is 266 g/mol.